The van der Waals surface area contributed by atoms with E-state index in [1.54, 1.807) is 14.2 Å². The van der Waals surface area contributed by atoms with Crippen LogP contribution < -0.4 is 9.47 Å². The van der Waals surface area contributed by atoms with Gasteiger partial charge >= 0.3 is 0 Å². The Labute approximate surface area is 177 Å². The third-order valence-corrected chi connectivity index (χ3v) is 6.06. The molecule has 0 amide bonds. The molecule has 5 nitrogen and oxygen atoms in total. The van der Waals surface area contributed by atoms with Gasteiger partial charge in [0.2, 0.25) is 0 Å². The van der Waals surface area contributed by atoms with Crippen LogP contribution in [-0.4, -0.2) is 25.1 Å². The lowest BCUT2D eigenvalue weighted by Crippen LogP contribution is -2.02. The minimum absolute atomic E-state index is 0.0630. The molecule has 30 heavy (non-hydrogen) atoms. The number of hydrogen-bond donors (Lipinski definition) is 1. The summed E-state index contributed by atoms with van der Waals surface area (Å²) in [6.45, 7) is 0. The normalized spacial score (nSPS) is 10.6. The highest BCUT2D eigenvalue weighted by Crippen LogP contribution is 2.41. The maximum atomic E-state index is 13.5. The number of nitriles is 1. The maximum absolute atomic E-state index is 13.5. The van der Waals surface area contributed by atoms with Crippen LogP contribution in [-0.2, 0) is 0 Å². The van der Waals surface area contributed by atoms with Crippen LogP contribution in [0.25, 0.3) is 20.5 Å². The molecule has 0 aliphatic heterocycles. The molecule has 0 aliphatic carbocycles. The number of hydrogen-bond acceptors (Lipinski definition) is 6. The molecule has 0 spiro atoms. The van der Waals surface area contributed by atoms with Crippen molar-refractivity contribution in [2.24, 2.45) is 0 Å². The van der Waals surface area contributed by atoms with Gasteiger partial charge in [-0.1, -0.05) is 0 Å². The highest BCUT2D eigenvalue weighted by molar-refractivity contribution is 7.22. The van der Waals surface area contributed by atoms with Crippen molar-refractivity contribution >= 4 is 27.2 Å². The fourth-order valence-corrected chi connectivity index (χ4v) is 4.52. The maximum Gasteiger partial charge on any atom is 0.195 e. The Kier molecular flexibility index (Phi) is 5.13. The number of methoxy groups -OCH3 is 2. The molecule has 0 saturated heterocycles. The summed E-state index contributed by atoms with van der Waals surface area (Å²) in [4.78, 5) is 14.3. The van der Waals surface area contributed by atoms with Gasteiger partial charge in [0, 0.05) is 26.1 Å². The lowest BCUT2D eigenvalue weighted by molar-refractivity contribution is 0.104. The number of carbonyl (C=O) groups excluding carboxylic acids is 1. The van der Waals surface area contributed by atoms with Crippen molar-refractivity contribution in [3.63, 3.8) is 0 Å². The van der Waals surface area contributed by atoms with E-state index >= 15 is 0 Å². The number of phenolic OH excluding ortho intramolecular Hbond substituents is 1. The number of benzene rings is 3. The molecular formula is C24H17NO4S. The van der Waals surface area contributed by atoms with Gasteiger partial charge < -0.3 is 14.6 Å². The van der Waals surface area contributed by atoms with E-state index in [9.17, 15) is 15.2 Å². The predicted molar refractivity (Wildman–Crippen MR) is 117 cm³/mol. The van der Waals surface area contributed by atoms with Gasteiger partial charge in [-0.15, -0.1) is 11.3 Å². The summed E-state index contributed by atoms with van der Waals surface area (Å²) in [6.07, 6.45) is 0. The van der Waals surface area contributed by atoms with Crippen molar-refractivity contribution in [2.45, 2.75) is 0 Å². The molecule has 4 aromatic rings. The SMILES string of the molecule is COc1ccc(-c2sc3cc(OC)ccc3c2C(=O)c2ccc(O)c(C#N)c2)cc1. The molecule has 0 bridgehead atoms. The first kappa shape index (κ1) is 19.5. The number of thiophene rings is 1. The Morgan fingerprint density at radius 2 is 1.67 bits per heavy atom. The van der Waals surface area contributed by atoms with E-state index in [1.165, 1.54) is 29.5 Å². The van der Waals surface area contributed by atoms with E-state index in [0.717, 1.165) is 26.3 Å². The molecule has 0 unspecified atom stereocenters. The summed E-state index contributed by atoms with van der Waals surface area (Å²) >= 11 is 1.50. The first-order valence-corrected chi connectivity index (χ1v) is 9.90. The van der Waals surface area contributed by atoms with Crippen LogP contribution >= 0.6 is 11.3 Å². The Morgan fingerprint density at radius 3 is 2.33 bits per heavy atom. The lowest BCUT2D eigenvalue weighted by Gasteiger charge is -2.07. The molecule has 0 radical (unpaired) electrons. The van der Waals surface area contributed by atoms with Crippen LogP contribution in [0.3, 0.4) is 0 Å². The number of rotatable bonds is 5. The van der Waals surface area contributed by atoms with Crippen LogP contribution in [0.5, 0.6) is 17.2 Å². The van der Waals surface area contributed by atoms with Gasteiger partial charge in [0.15, 0.2) is 5.78 Å². The number of ether oxygens (including phenoxy) is 2. The first-order chi connectivity index (χ1) is 14.5. The third kappa shape index (κ3) is 3.36. The second-order valence-corrected chi connectivity index (χ2v) is 7.62. The molecule has 0 aliphatic rings. The standard InChI is InChI=1S/C24H17NO4S/c1-28-17-6-3-14(4-7-17)24-22(19-9-8-18(29-2)12-21(19)30-24)23(27)15-5-10-20(26)16(11-15)13-25/h3-12,26H,1-2H3. The van der Waals surface area contributed by atoms with Crippen molar-refractivity contribution in [3.8, 4) is 33.8 Å². The van der Waals surface area contributed by atoms with Crippen molar-refractivity contribution in [2.75, 3.05) is 14.2 Å². The van der Waals surface area contributed by atoms with Crippen molar-refractivity contribution in [1.29, 1.82) is 5.26 Å². The Hall–Kier alpha value is -3.82. The zero-order valence-electron chi connectivity index (χ0n) is 16.3. The van der Waals surface area contributed by atoms with E-state index in [-0.39, 0.29) is 17.1 Å². The minimum atomic E-state index is -0.214. The molecule has 4 rings (SSSR count). The highest BCUT2D eigenvalue weighted by atomic mass is 32.1. The molecule has 6 heteroatoms. The number of fused-ring (bicyclic) bond motifs is 1. The molecule has 0 atom stereocenters. The molecule has 1 aromatic heterocycles. The number of carbonyl (C=O) groups is 1. The topological polar surface area (TPSA) is 79.6 Å². The van der Waals surface area contributed by atoms with Gasteiger partial charge in [0.25, 0.3) is 0 Å². The van der Waals surface area contributed by atoms with Gasteiger partial charge in [-0.2, -0.15) is 5.26 Å². The average molecular weight is 415 g/mol. The fourth-order valence-electron chi connectivity index (χ4n) is 3.29. The molecule has 0 saturated carbocycles. The molecular weight excluding hydrogens is 398 g/mol. The zero-order chi connectivity index (χ0) is 21.3. The molecule has 1 N–H and O–H groups in total. The van der Waals surface area contributed by atoms with Crippen LogP contribution in [0, 0.1) is 11.3 Å². The average Bonchev–Trinajstić information content (AvgIpc) is 3.17. The second kappa shape index (κ2) is 7.90. The molecule has 3 aromatic carbocycles. The second-order valence-electron chi connectivity index (χ2n) is 6.57. The third-order valence-electron chi connectivity index (χ3n) is 4.86. The summed E-state index contributed by atoms with van der Waals surface area (Å²) < 4.78 is 11.5. The fraction of sp³-hybridized carbons (Fsp3) is 0.0833. The summed E-state index contributed by atoms with van der Waals surface area (Å²) in [5.41, 5.74) is 1.85. The quantitative estimate of drug-likeness (QED) is 0.442. The van der Waals surface area contributed by atoms with E-state index in [4.69, 9.17) is 9.47 Å². The van der Waals surface area contributed by atoms with E-state index < -0.39 is 0 Å². The van der Waals surface area contributed by atoms with Crippen molar-refractivity contribution in [1.82, 2.24) is 0 Å². The highest BCUT2D eigenvalue weighted by Gasteiger charge is 2.22. The van der Waals surface area contributed by atoms with Crippen LogP contribution in [0.4, 0.5) is 0 Å². The molecule has 0 fully saturated rings. The van der Waals surface area contributed by atoms with Gasteiger partial charge in [0.05, 0.1) is 19.8 Å². The summed E-state index contributed by atoms with van der Waals surface area (Å²) in [5.74, 6) is 1.07. The van der Waals surface area contributed by atoms with Gasteiger partial charge in [-0.25, -0.2) is 0 Å². The predicted octanol–water partition coefficient (Wildman–Crippen LogP) is 5.39. The van der Waals surface area contributed by atoms with E-state index in [1.807, 2.05) is 48.5 Å². The van der Waals surface area contributed by atoms with E-state index in [0.29, 0.717) is 16.9 Å². The monoisotopic (exact) mass is 415 g/mol. The van der Waals surface area contributed by atoms with Crippen molar-refractivity contribution < 1.29 is 19.4 Å². The lowest BCUT2D eigenvalue weighted by atomic mass is 9.96. The number of phenols is 1. The van der Waals surface area contributed by atoms with Gasteiger partial charge in [-0.05, 0) is 66.2 Å². The first-order valence-electron chi connectivity index (χ1n) is 9.08. The Balaban J connectivity index is 1.94. The minimum Gasteiger partial charge on any atom is -0.507 e. The van der Waals surface area contributed by atoms with E-state index in [2.05, 4.69) is 0 Å². The Bertz CT molecular complexity index is 1300. The largest absolute Gasteiger partial charge is 0.507 e. The summed E-state index contributed by atoms with van der Waals surface area (Å²) in [7, 11) is 3.21. The van der Waals surface area contributed by atoms with Crippen LogP contribution in [0.1, 0.15) is 21.5 Å². The summed E-state index contributed by atoms with van der Waals surface area (Å²) in [5, 5.41) is 19.8. The number of aromatic hydroxyl groups is 1. The van der Waals surface area contributed by atoms with Gasteiger partial charge in [-0.3, -0.25) is 4.79 Å². The smallest absolute Gasteiger partial charge is 0.195 e. The zero-order valence-corrected chi connectivity index (χ0v) is 17.1. The van der Waals surface area contributed by atoms with Crippen molar-refractivity contribution in [3.05, 3.63) is 77.4 Å². The molecule has 148 valence electrons. The van der Waals surface area contributed by atoms with Crippen LogP contribution in [0.2, 0.25) is 0 Å². The number of nitrogens with zero attached hydrogens (tertiary/aromatic N) is 1. The van der Waals surface area contributed by atoms with Gasteiger partial charge in [0.1, 0.15) is 23.3 Å². The number of ketones is 1. The Morgan fingerprint density at radius 1 is 0.967 bits per heavy atom. The molecule has 1 heterocycles. The van der Waals surface area contributed by atoms with Crippen LogP contribution in [0.15, 0.2) is 60.7 Å². The summed E-state index contributed by atoms with van der Waals surface area (Å²) in [6, 6.07) is 19.4.